The van der Waals surface area contributed by atoms with Crippen molar-refractivity contribution in [3.8, 4) is 11.4 Å². The fraction of sp³-hybridized carbons (Fsp3) is 0.294. The smallest absolute Gasteiger partial charge is 0.274 e. The highest BCUT2D eigenvalue weighted by atomic mass is 16.5. The molecule has 24 heavy (non-hydrogen) atoms. The zero-order valence-electron chi connectivity index (χ0n) is 13.7. The van der Waals surface area contributed by atoms with Crippen molar-refractivity contribution in [3.63, 3.8) is 0 Å². The summed E-state index contributed by atoms with van der Waals surface area (Å²) in [5.74, 6) is 1.14. The van der Waals surface area contributed by atoms with Gasteiger partial charge in [-0.1, -0.05) is 54.5 Å². The van der Waals surface area contributed by atoms with Crippen LogP contribution in [0.5, 0.6) is 0 Å². The number of hydrogen-bond acceptors (Lipinski definition) is 6. The van der Waals surface area contributed by atoms with Crippen molar-refractivity contribution in [1.82, 2.24) is 20.6 Å². The summed E-state index contributed by atoms with van der Waals surface area (Å²) in [6, 6.07) is 10.7. The molecular weight excluding hydrogens is 308 g/mol. The molecule has 1 N–H and O–H groups in total. The second-order valence-corrected chi connectivity index (χ2v) is 5.84. The lowest BCUT2D eigenvalue weighted by molar-refractivity contribution is 0.0904. The molecule has 1 atom stereocenters. The van der Waals surface area contributed by atoms with Crippen LogP contribution in [0.1, 0.15) is 42.0 Å². The Balaban J connectivity index is 1.81. The number of benzene rings is 1. The number of hydrogen-bond donors (Lipinski definition) is 1. The Morgan fingerprint density at radius 3 is 2.50 bits per heavy atom. The van der Waals surface area contributed by atoms with E-state index in [1.807, 2.05) is 44.2 Å². The number of nitrogens with zero attached hydrogens (tertiary/aromatic N) is 3. The second-order valence-electron chi connectivity index (χ2n) is 5.84. The zero-order valence-corrected chi connectivity index (χ0v) is 13.7. The monoisotopic (exact) mass is 326 g/mol. The van der Waals surface area contributed by atoms with Crippen LogP contribution in [0.25, 0.3) is 11.4 Å². The highest BCUT2D eigenvalue weighted by molar-refractivity contribution is 5.92. The summed E-state index contributed by atoms with van der Waals surface area (Å²) in [5.41, 5.74) is 1.08. The van der Waals surface area contributed by atoms with E-state index in [-0.39, 0.29) is 17.5 Å². The molecule has 1 amide bonds. The first-order chi connectivity index (χ1) is 11.5. The molecule has 0 bridgehead atoms. The minimum absolute atomic E-state index is 0.0611. The van der Waals surface area contributed by atoms with Crippen molar-refractivity contribution >= 4 is 5.91 Å². The molecule has 0 spiro atoms. The van der Waals surface area contributed by atoms with Crippen LogP contribution in [-0.2, 0) is 0 Å². The van der Waals surface area contributed by atoms with Gasteiger partial charge in [0.2, 0.25) is 11.7 Å². The molecule has 0 aliphatic rings. The standard InChI is InChI=1S/C17H18N4O3/c1-10(2)14(18-16(22)13-9-11(3)23-20-13)17-19-15(21-24-17)12-7-5-4-6-8-12/h4-10,14H,1-3H3,(H,18,22)/t14-/m1/s1. The molecule has 0 saturated heterocycles. The molecule has 124 valence electrons. The molecular formula is C17H18N4O3. The maximum Gasteiger partial charge on any atom is 0.274 e. The number of amides is 1. The van der Waals surface area contributed by atoms with Gasteiger partial charge in [0.25, 0.3) is 5.91 Å². The summed E-state index contributed by atoms with van der Waals surface area (Å²) in [5, 5.41) is 10.6. The third-order valence-corrected chi connectivity index (χ3v) is 3.55. The number of rotatable bonds is 5. The van der Waals surface area contributed by atoms with E-state index in [0.29, 0.717) is 17.5 Å². The second kappa shape index (κ2) is 6.66. The molecule has 0 saturated carbocycles. The van der Waals surface area contributed by atoms with E-state index in [1.54, 1.807) is 13.0 Å². The zero-order chi connectivity index (χ0) is 17.1. The van der Waals surface area contributed by atoms with Gasteiger partial charge in [-0.3, -0.25) is 4.79 Å². The van der Waals surface area contributed by atoms with E-state index in [2.05, 4.69) is 20.6 Å². The quantitative estimate of drug-likeness (QED) is 0.774. The minimum atomic E-state index is -0.417. The fourth-order valence-electron chi connectivity index (χ4n) is 2.27. The Kier molecular flexibility index (Phi) is 4.41. The summed E-state index contributed by atoms with van der Waals surface area (Å²) < 4.78 is 10.3. The van der Waals surface area contributed by atoms with Crippen LogP contribution in [0.2, 0.25) is 0 Å². The van der Waals surface area contributed by atoms with Crippen LogP contribution >= 0.6 is 0 Å². The summed E-state index contributed by atoms with van der Waals surface area (Å²) in [7, 11) is 0. The number of aromatic nitrogens is 3. The molecule has 1 aromatic carbocycles. The number of aryl methyl sites for hydroxylation is 1. The number of carbonyl (C=O) groups is 1. The first kappa shape index (κ1) is 15.9. The molecule has 2 heterocycles. The van der Waals surface area contributed by atoms with Crippen molar-refractivity contribution in [2.45, 2.75) is 26.8 Å². The van der Waals surface area contributed by atoms with E-state index in [4.69, 9.17) is 9.05 Å². The molecule has 0 fully saturated rings. The highest BCUT2D eigenvalue weighted by Crippen LogP contribution is 2.23. The van der Waals surface area contributed by atoms with E-state index in [0.717, 1.165) is 5.56 Å². The predicted molar refractivity (Wildman–Crippen MR) is 86.0 cm³/mol. The van der Waals surface area contributed by atoms with Crippen molar-refractivity contribution < 1.29 is 13.8 Å². The predicted octanol–water partition coefficient (Wildman–Crippen LogP) is 3.16. The topological polar surface area (TPSA) is 94.1 Å². The highest BCUT2D eigenvalue weighted by Gasteiger charge is 2.26. The van der Waals surface area contributed by atoms with Gasteiger partial charge in [0.15, 0.2) is 5.69 Å². The molecule has 0 unspecified atom stereocenters. The molecule has 2 aromatic heterocycles. The Morgan fingerprint density at radius 2 is 1.88 bits per heavy atom. The van der Waals surface area contributed by atoms with Gasteiger partial charge in [0, 0.05) is 11.6 Å². The van der Waals surface area contributed by atoms with E-state index in [1.165, 1.54) is 0 Å². The van der Waals surface area contributed by atoms with Gasteiger partial charge in [-0.15, -0.1) is 0 Å². The minimum Gasteiger partial charge on any atom is -0.361 e. The summed E-state index contributed by atoms with van der Waals surface area (Å²) in [6.45, 7) is 5.66. The Hall–Kier alpha value is -2.96. The van der Waals surface area contributed by atoms with Crippen LogP contribution in [0.15, 0.2) is 45.4 Å². The lowest BCUT2D eigenvalue weighted by Crippen LogP contribution is -2.32. The molecule has 0 aliphatic heterocycles. The van der Waals surface area contributed by atoms with Crippen molar-refractivity contribution in [2.24, 2.45) is 5.92 Å². The third kappa shape index (κ3) is 3.34. The largest absolute Gasteiger partial charge is 0.361 e. The van der Waals surface area contributed by atoms with Crippen LogP contribution in [0.3, 0.4) is 0 Å². The average Bonchev–Trinajstić information content (AvgIpc) is 3.22. The van der Waals surface area contributed by atoms with Gasteiger partial charge in [0.1, 0.15) is 11.8 Å². The van der Waals surface area contributed by atoms with Crippen molar-refractivity contribution in [3.05, 3.63) is 53.7 Å². The van der Waals surface area contributed by atoms with Crippen LogP contribution in [0, 0.1) is 12.8 Å². The SMILES string of the molecule is Cc1cc(C(=O)N[C@@H](c2nc(-c3ccccc3)no2)C(C)C)no1. The van der Waals surface area contributed by atoms with Gasteiger partial charge in [-0.2, -0.15) is 4.98 Å². The van der Waals surface area contributed by atoms with E-state index >= 15 is 0 Å². The molecule has 0 aliphatic carbocycles. The van der Waals surface area contributed by atoms with Crippen LogP contribution < -0.4 is 5.32 Å². The molecule has 3 aromatic rings. The lowest BCUT2D eigenvalue weighted by atomic mass is 10.0. The van der Waals surface area contributed by atoms with E-state index in [9.17, 15) is 4.79 Å². The van der Waals surface area contributed by atoms with Gasteiger partial charge < -0.3 is 14.4 Å². The summed E-state index contributed by atoms with van der Waals surface area (Å²) >= 11 is 0. The molecule has 3 rings (SSSR count). The third-order valence-electron chi connectivity index (χ3n) is 3.55. The van der Waals surface area contributed by atoms with Gasteiger partial charge in [0.05, 0.1) is 0 Å². The first-order valence-electron chi connectivity index (χ1n) is 7.68. The average molecular weight is 326 g/mol. The first-order valence-corrected chi connectivity index (χ1v) is 7.68. The molecule has 7 heteroatoms. The van der Waals surface area contributed by atoms with E-state index < -0.39 is 6.04 Å². The van der Waals surface area contributed by atoms with Gasteiger partial charge in [-0.25, -0.2) is 0 Å². The number of carbonyl (C=O) groups excluding carboxylic acids is 1. The van der Waals surface area contributed by atoms with Crippen molar-refractivity contribution in [2.75, 3.05) is 0 Å². The summed E-state index contributed by atoms with van der Waals surface area (Å²) in [4.78, 5) is 16.7. The van der Waals surface area contributed by atoms with Crippen LogP contribution in [0.4, 0.5) is 0 Å². The number of nitrogens with one attached hydrogen (secondary N) is 1. The molecule has 0 radical (unpaired) electrons. The maximum atomic E-state index is 12.3. The maximum absolute atomic E-state index is 12.3. The van der Waals surface area contributed by atoms with Gasteiger partial charge >= 0.3 is 0 Å². The Bertz CT molecular complexity index is 823. The Labute approximate surface area is 139 Å². The molecule has 7 nitrogen and oxygen atoms in total. The summed E-state index contributed by atoms with van der Waals surface area (Å²) in [6.07, 6.45) is 0. The Morgan fingerprint density at radius 1 is 1.12 bits per heavy atom. The van der Waals surface area contributed by atoms with Crippen LogP contribution in [-0.4, -0.2) is 21.2 Å². The lowest BCUT2D eigenvalue weighted by Gasteiger charge is -2.17. The van der Waals surface area contributed by atoms with Crippen molar-refractivity contribution in [1.29, 1.82) is 0 Å². The van der Waals surface area contributed by atoms with Gasteiger partial charge in [-0.05, 0) is 12.8 Å². The fourth-order valence-corrected chi connectivity index (χ4v) is 2.27. The normalized spacial score (nSPS) is 12.3.